The van der Waals surface area contributed by atoms with Crippen LogP contribution < -0.4 is 4.74 Å². The molecule has 34 heavy (non-hydrogen) atoms. The van der Waals surface area contributed by atoms with Crippen molar-refractivity contribution in [1.29, 1.82) is 0 Å². The van der Waals surface area contributed by atoms with Crippen molar-refractivity contribution in [2.24, 2.45) is 23.2 Å². The van der Waals surface area contributed by atoms with Crippen LogP contribution >= 0.6 is 0 Å². The fraction of sp³-hybridized carbons (Fsp3) is 0.720. The number of hydrogen-bond acceptors (Lipinski definition) is 4. The summed E-state index contributed by atoms with van der Waals surface area (Å²) in [4.78, 5) is 12.7. The second kappa shape index (κ2) is 7.69. The van der Waals surface area contributed by atoms with Gasteiger partial charge in [0.1, 0.15) is 17.3 Å². The summed E-state index contributed by atoms with van der Waals surface area (Å²) in [6, 6.07) is 2.66. The van der Waals surface area contributed by atoms with E-state index in [1.165, 1.54) is 16.4 Å². The van der Waals surface area contributed by atoms with Gasteiger partial charge in [0.05, 0.1) is 12.2 Å². The lowest BCUT2D eigenvalue weighted by atomic mass is 9.48. The van der Waals surface area contributed by atoms with Gasteiger partial charge >= 0.3 is 0 Å². The van der Waals surface area contributed by atoms with Crippen LogP contribution in [0.15, 0.2) is 12.1 Å². The molecule has 1 heterocycles. The van der Waals surface area contributed by atoms with E-state index in [4.69, 9.17) is 4.74 Å². The number of rotatable bonds is 8. The Morgan fingerprint density at radius 2 is 1.76 bits per heavy atom. The Morgan fingerprint density at radius 3 is 2.35 bits per heavy atom. The first-order valence-corrected chi connectivity index (χ1v) is 14.0. The van der Waals surface area contributed by atoms with Gasteiger partial charge < -0.3 is 4.74 Å². The van der Waals surface area contributed by atoms with E-state index in [9.17, 15) is 22.0 Å². The molecule has 4 bridgehead atoms. The van der Waals surface area contributed by atoms with Gasteiger partial charge in [-0.25, -0.2) is 25.9 Å². The van der Waals surface area contributed by atoms with Crippen molar-refractivity contribution in [3.8, 4) is 5.75 Å². The number of Topliss-reactive ketones (excluding diaryl/α,β-unsaturated/α-hetero) is 1. The van der Waals surface area contributed by atoms with Gasteiger partial charge in [0, 0.05) is 36.4 Å². The number of nitrogens with zero attached hydrogens (tertiary/aromatic N) is 1. The van der Waals surface area contributed by atoms with Gasteiger partial charge in [-0.15, -0.1) is 0 Å². The number of carbonyl (C=O) groups excluding carboxylic acids is 1. The molecule has 0 aromatic heterocycles. The minimum Gasteiger partial charge on any atom is -0.493 e. The molecule has 7 rings (SSSR count). The number of ketones is 1. The van der Waals surface area contributed by atoms with Crippen molar-refractivity contribution in [3.05, 3.63) is 29.1 Å². The first-order valence-electron chi connectivity index (χ1n) is 12.4. The molecule has 2 atom stereocenters. The number of ether oxygens (including phenoxy) is 1. The van der Waals surface area contributed by atoms with Gasteiger partial charge in [0.25, 0.3) is 5.92 Å². The van der Waals surface area contributed by atoms with Gasteiger partial charge in [0.2, 0.25) is 10.0 Å². The maximum atomic E-state index is 15.0. The number of alkyl halides is 2. The van der Waals surface area contributed by atoms with Crippen LogP contribution in [0.3, 0.4) is 0 Å². The molecule has 5 aliphatic carbocycles. The standard InChI is InChI=1S/C25H30F3NO4S/c26-21-9-23(33-14-24-10-15-6-17(11-24)25(27,28)18(7-15)12-24)19(16-2-3-16)8-20(21)22(30)13-34(31,32)29-4-1-5-29/h8-9,15-18H,1-7,10-14H2. The van der Waals surface area contributed by atoms with E-state index in [-0.39, 0.29) is 23.5 Å². The summed E-state index contributed by atoms with van der Waals surface area (Å²) in [6.45, 7) is 1.07. The number of hydrogen-bond donors (Lipinski definition) is 0. The van der Waals surface area contributed by atoms with E-state index in [0.29, 0.717) is 50.4 Å². The third-order valence-corrected chi connectivity index (χ3v) is 10.7. The highest BCUT2D eigenvalue weighted by Crippen LogP contribution is 2.65. The fourth-order valence-electron chi connectivity index (χ4n) is 6.99. The summed E-state index contributed by atoms with van der Waals surface area (Å²) in [5.74, 6) is -5.22. The van der Waals surface area contributed by atoms with Crippen LogP contribution in [0.25, 0.3) is 0 Å². The maximum Gasteiger partial charge on any atom is 0.253 e. The molecule has 0 spiro atoms. The van der Waals surface area contributed by atoms with Crippen molar-refractivity contribution in [2.75, 3.05) is 25.4 Å². The Kier molecular flexibility index (Phi) is 5.16. The average molecular weight is 498 g/mol. The zero-order chi connectivity index (χ0) is 23.9. The lowest BCUT2D eigenvalue weighted by Gasteiger charge is -2.59. The smallest absolute Gasteiger partial charge is 0.253 e. The second-order valence-corrected chi connectivity index (χ2v) is 13.4. The van der Waals surface area contributed by atoms with Crippen molar-refractivity contribution in [3.63, 3.8) is 0 Å². The largest absolute Gasteiger partial charge is 0.493 e. The van der Waals surface area contributed by atoms with Crippen LogP contribution in [0.5, 0.6) is 5.75 Å². The Bertz CT molecular complexity index is 1110. The molecule has 9 heteroatoms. The van der Waals surface area contributed by atoms with E-state index in [2.05, 4.69) is 0 Å². The summed E-state index contributed by atoms with van der Waals surface area (Å²) in [7, 11) is -3.74. The molecule has 1 saturated heterocycles. The van der Waals surface area contributed by atoms with Crippen molar-refractivity contribution >= 4 is 15.8 Å². The van der Waals surface area contributed by atoms with Crippen LogP contribution in [-0.2, 0) is 10.0 Å². The normalized spacial score (nSPS) is 34.1. The van der Waals surface area contributed by atoms with Crippen LogP contribution in [-0.4, -0.2) is 49.9 Å². The fourth-order valence-corrected chi connectivity index (χ4v) is 8.48. The zero-order valence-electron chi connectivity index (χ0n) is 19.1. The van der Waals surface area contributed by atoms with Gasteiger partial charge in [-0.05, 0) is 74.8 Å². The molecule has 0 N–H and O–H groups in total. The Balaban J connectivity index is 1.21. The minimum absolute atomic E-state index is 0.148. The molecule has 6 fully saturated rings. The SMILES string of the molecule is O=C(CS(=O)(=O)N1CCC1)c1cc(C2CC2)c(OCC23CC4CC(C2)C(F)(F)C(C4)C3)cc1F. The van der Waals surface area contributed by atoms with Gasteiger partial charge in [-0.1, -0.05) is 0 Å². The first-order chi connectivity index (χ1) is 16.1. The molecule has 1 aromatic carbocycles. The Hall–Kier alpha value is -1.61. The zero-order valence-corrected chi connectivity index (χ0v) is 19.9. The van der Waals surface area contributed by atoms with Crippen LogP contribution in [0.4, 0.5) is 13.2 Å². The third-order valence-electron chi connectivity index (χ3n) is 8.88. The van der Waals surface area contributed by atoms with Crippen LogP contribution in [0.1, 0.15) is 73.2 Å². The van der Waals surface area contributed by atoms with Gasteiger partial charge in [-0.2, -0.15) is 0 Å². The molecule has 186 valence electrons. The second-order valence-electron chi connectivity index (χ2n) is 11.4. The van der Waals surface area contributed by atoms with Gasteiger partial charge in [0.15, 0.2) is 5.78 Å². The first kappa shape index (κ1) is 22.8. The third kappa shape index (κ3) is 3.77. The quantitative estimate of drug-likeness (QED) is 0.486. The van der Waals surface area contributed by atoms with Crippen molar-refractivity contribution < 1.29 is 31.1 Å². The van der Waals surface area contributed by atoms with E-state index in [1.807, 2.05) is 0 Å². The number of benzene rings is 1. The van der Waals surface area contributed by atoms with E-state index < -0.39 is 45.1 Å². The van der Waals surface area contributed by atoms with Crippen LogP contribution in [0.2, 0.25) is 0 Å². The highest BCUT2D eigenvalue weighted by molar-refractivity contribution is 7.89. The molecule has 0 radical (unpaired) electrons. The topological polar surface area (TPSA) is 63.7 Å². The average Bonchev–Trinajstić information content (AvgIpc) is 3.53. The molecule has 0 amide bonds. The van der Waals surface area contributed by atoms with Crippen LogP contribution in [0, 0.1) is 29.0 Å². The number of sulfonamides is 1. The molecule has 5 nitrogen and oxygen atoms in total. The highest BCUT2D eigenvalue weighted by Gasteiger charge is 2.64. The lowest BCUT2D eigenvalue weighted by Crippen LogP contribution is -2.58. The molecule has 2 unspecified atom stereocenters. The Morgan fingerprint density at radius 1 is 1.09 bits per heavy atom. The van der Waals surface area contributed by atoms with Crippen molar-refractivity contribution in [2.45, 2.75) is 63.2 Å². The molecular formula is C25H30F3NO4S. The predicted octanol–water partition coefficient (Wildman–Crippen LogP) is 4.76. The monoisotopic (exact) mass is 497 g/mol. The summed E-state index contributed by atoms with van der Waals surface area (Å²) in [5, 5.41) is 0. The summed E-state index contributed by atoms with van der Waals surface area (Å²) >= 11 is 0. The van der Waals surface area contributed by atoms with E-state index in [1.54, 1.807) is 0 Å². The number of halogens is 3. The van der Waals surface area contributed by atoms with Crippen molar-refractivity contribution in [1.82, 2.24) is 4.31 Å². The lowest BCUT2D eigenvalue weighted by molar-refractivity contribution is -0.230. The molecular weight excluding hydrogens is 467 g/mol. The van der Waals surface area contributed by atoms with E-state index in [0.717, 1.165) is 31.2 Å². The minimum atomic E-state index is -3.74. The predicted molar refractivity (Wildman–Crippen MR) is 119 cm³/mol. The van der Waals surface area contributed by atoms with Gasteiger partial charge in [-0.3, -0.25) is 4.79 Å². The Labute approximate surface area is 198 Å². The maximum absolute atomic E-state index is 15.0. The molecule has 1 aromatic rings. The highest BCUT2D eigenvalue weighted by atomic mass is 32.2. The summed E-state index contributed by atoms with van der Waals surface area (Å²) in [5.41, 5.74) is 0.212. The molecule has 1 aliphatic heterocycles. The molecule has 5 saturated carbocycles. The number of carbonyl (C=O) groups is 1. The summed E-state index contributed by atoms with van der Waals surface area (Å²) in [6.07, 6.45) is 5.49. The van der Waals surface area contributed by atoms with E-state index >= 15 is 4.39 Å². The molecule has 6 aliphatic rings. The summed E-state index contributed by atoms with van der Waals surface area (Å²) < 4.78 is 76.4.